The Kier molecular flexibility index (Phi) is 3.69. The van der Waals surface area contributed by atoms with E-state index in [1.54, 1.807) is 13.8 Å². The van der Waals surface area contributed by atoms with Crippen LogP contribution in [0.4, 0.5) is 0 Å². The normalized spacial score (nSPS) is 37.2. The average molecular weight is 275 g/mol. The van der Waals surface area contributed by atoms with Gasteiger partial charge in [-0.05, 0) is 32.6 Å². The molecule has 18 heavy (non-hydrogen) atoms. The van der Waals surface area contributed by atoms with Crippen molar-refractivity contribution in [3.63, 3.8) is 0 Å². The topological polar surface area (TPSA) is 72.5 Å². The van der Waals surface area contributed by atoms with Crippen LogP contribution in [-0.2, 0) is 19.4 Å². The molecule has 5 nitrogen and oxygen atoms in total. The van der Waals surface area contributed by atoms with E-state index in [9.17, 15) is 13.2 Å². The minimum Gasteiger partial charge on any atom is -0.366 e. The molecule has 4 unspecified atom stereocenters. The summed E-state index contributed by atoms with van der Waals surface area (Å²) in [6.07, 6.45) is 1.01. The van der Waals surface area contributed by atoms with Crippen LogP contribution < -0.4 is 5.32 Å². The van der Waals surface area contributed by atoms with E-state index in [1.165, 1.54) is 0 Å². The van der Waals surface area contributed by atoms with Crippen molar-refractivity contribution in [2.75, 3.05) is 6.61 Å². The SMILES string of the molecule is CC1CC2NC(=O)COC2CC1S(=O)(=O)C(C)C. The predicted octanol–water partition coefficient (Wildman–Crippen LogP) is 0.492. The van der Waals surface area contributed by atoms with Crippen molar-refractivity contribution in [2.45, 2.75) is 56.3 Å². The van der Waals surface area contributed by atoms with Gasteiger partial charge in [-0.3, -0.25) is 4.79 Å². The van der Waals surface area contributed by atoms with Crippen molar-refractivity contribution in [3.8, 4) is 0 Å². The zero-order valence-electron chi connectivity index (χ0n) is 11.0. The summed E-state index contributed by atoms with van der Waals surface area (Å²) in [7, 11) is -3.11. The number of hydrogen-bond donors (Lipinski definition) is 1. The van der Waals surface area contributed by atoms with E-state index in [-0.39, 0.29) is 41.1 Å². The third-order valence-corrected chi connectivity index (χ3v) is 6.84. The van der Waals surface area contributed by atoms with Crippen molar-refractivity contribution < 1.29 is 17.9 Å². The van der Waals surface area contributed by atoms with Crippen LogP contribution >= 0.6 is 0 Å². The largest absolute Gasteiger partial charge is 0.366 e. The molecular formula is C12H21NO4S. The van der Waals surface area contributed by atoms with Gasteiger partial charge in [0, 0.05) is 0 Å². The zero-order chi connectivity index (χ0) is 13.5. The Labute approximate surface area is 108 Å². The molecule has 0 aromatic carbocycles. The van der Waals surface area contributed by atoms with Crippen LogP contribution in [0.5, 0.6) is 0 Å². The Morgan fingerprint density at radius 3 is 2.61 bits per heavy atom. The lowest BCUT2D eigenvalue weighted by molar-refractivity contribution is -0.139. The van der Waals surface area contributed by atoms with Gasteiger partial charge in [-0.15, -0.1) is 0 Å². The molecule has 0 aromatic rings. The fourth-order valence-corrected chi connectivity index (χ4v) is 4.82. The number of hydrogen-bond acceptors (Lipinski definition) is 4. The van der Waals surface area contributed by atoms with E-state index in [0.29, 0.717) is 12.8 Å². The molecule has 1 aliphatic carbocycles. The molecule has 0 bridgehead atoms. The summed E-state index contributed by atoms with van der Waals surface area (Å²) in [5.41, 5.74) is 0. The lowest BCUT2D eigenvalue weighted by Crippen LogP contribution is -2.58. The zero-order valence-corrected chi connectivity index (χ0v) is 11.9. The summed E-state index contributed by atoms with van der Waals surface area (Å²) in [6.45, 7) is 5.43. The average Bonchev–Trinajstić information content (AvgIpc) is 2.27. The highest BCUT2D eigenvalue weighted by Gasteiger charge is 2.44. The summed E-state index contributed by atoms with van der Waals surface area (Å²) in [4.78, 5) is 11.3. The molecule has 1 saturated heterocycles. The highest BCUT2D eigenvalue weighted by atomic mass is 32.2. The van der Waals surface area contributed by atoms with Gasteiger partial charge in [-0.25, -0.2) is 8.42 Å². The summed E-state index contributed by atoms with van der Waals surface area (Å²) >= 11 is 0. The number of nitrogens with one attached hydrogen (secondary N) is 1. The van der Waals surface area contributed by atoms with Gasteiger partial charge < -0.3 is 10.1 Å². The molecular weight excluding hydrogens is 254 g/mol. The first-order valence-corrected chi connectivity index (χ1v) is 8.07. The number of sulfone groups is 1. The molecule has 2 fully saturated rings. The molecule has 104 valence electrons. The maximum absolute atomic E-state index is 12.3. The quantitative estimate of drug-likeness (QED) is 0.796. The van der Waals surface area contributed by atoms with Gasteiger partial charge in [-0.1, -0.05) is 6.92 Å². The first kappa shape index (κ1) is 13.8. The highest BCUT2D eigenvalue weighted by molar-refractivity contribution is 7.92. The molecule has 1 amide bonds. The number of ether oxygens (including phenoxy) is 1. The van der Waals surface area contributed by atoms with Gasteiger partial charge in [0.25, 0.3) is 0 Å². The van der Waals surface area contributed by atoms with E-state index in [1.807, 2.05) is 6.92 Å². The summed E-state index contributed by atoms with van der Waals surface area (Å²) in [6, 6.07) is -0.0279. The van der Waals surface area contributed by atoms with E-state index < -0.39 is 9.84 Å². The second kappa shape index (κ2) is 4.81. The minimum absolute atomic E-state index is 0.0279. The summed E-state index contributed by atoms with van der Waals surface area (Å²) < 4.78 is 30.1. The molecule has 1 heterocycles. The number of fused-ring (bicyclic) bond motifs is 1. The Morgan fingerprint density at radius 2 is 2.00 bits per heavy atom. The van der Waals surface area contributed by atoms with Crippen molar-refractivity contribution >= 4 is 15.7 Å². The van der Waals surface area contributed by atoms with Crippen LogP contribution in [0.3, 0.4) is 0 Å². The van der Waals surface area contributed by atoms with Crippen molar-refractivity contribution in [3.05, 3.63) is 0 Å². The van der Waals surface area contributed by atoms with Gasteiger partial charge in [0.15, 0.2) is 9.84 Å². The third-order valence-electron chi connectivity index (χ3n) is 4.03. The lowest BCUT2D eigenvalue weighted by Gasteiger charge is -2.42. The molecule has 1 N–H and O–H groups in total. The van der Waals surface area contributed by atoms with Crippen LogP contribution in [0.15, 0.2) is 0 Å². The first-order valence-electron chi connectivity index (χ1n) is 6.46. The maximum Gasteiger partial charge on any atom is 0.246 e. The van der Waals surface area contributed by atoms with Gasteiger partial charge in [0.2, 0.25) is 5.91 Å². The molecule has 6 heteroatoms. The fourth-order valence-electron chi connectivity index (χ4n) is 2.90. The predicted molar refractivity (Wildman–Crippen MR) is 67.9 cm³/mol. The second-order valence-electron chi connectivity index (χ2n) is 5.65. The molecule has 0 spiro atoms. The fraction of sp³-hybridized carbons (Fsp3) is 0.917. The standard InChI is InChI=1S/C12H21NO4S/c1-7(2)18(15,16)11-5-10-9(4-8(11)3)13-12(14)6-17-10/h7-11H,4-6H2,1-3H3,(H,13,14). The molecule has 2 aliphatic rings. The highest BCUT2D eigenvalue weighted by Crippen LogP contribution is 2.34. The van der Waals surface area contributed by atoms with Gasteiger partial charge in [0.1, 0.15) is 6.61 Å². The second-order valence-corrected chi connectivity index (χ2v) is 8.37. The maximum atomic E-state index is 12.3. The van der Waals surface area contributed by atoms with E-state index >= 15 is 0 Å². The monoisotopic (exact) mass is 275 g/mol. The number of carbonyl (C=O) groups excluding carboxylic acids is 1. The Balaban J connectivity index is 2.16. The molecule has 0 aromatic heterocycles. The van der Waals surface area contributed by atoms with Crippen LogP contribution in [0.25, 0.3) is 0 Å². The lowest BCUT2D eigenvalue weighted by atomic mass is 9.83. The first-order chi connectivity index (χ1) is 8.32. The minimum atomic E-state index is -3.11. The van der Waals surface area contributed by atoms with E-state index in [2.05, 4.69) is 5.32 Å². The van der Waals surface area contributed by atoms with Crippen LogP contribution in [0, 0.1) is 5.92 Å². The molecule has 1 saturated carbocycles. The van der Waals surface area contributed by atoms with Gasteiger partial charge >= 0.3 is 0 Å². The Bertz CT molecular complexity index is 431. The Hall–Kier alpha value is -0.620. The van der Waals surface area contributed by atoms with Crippen molar-refractivity contribution in [1.29, 1.82) is 0 Å². The van der Waals surface area contributed by atoms with Gasteiger partial charge in [0.05, 0.1) is 22.6 Å². The van der Waals surface area contributed by atoms with E-state index in [0.717, 1.165) is 0 Å². The third kappa shape index (κ3) is 2.40. The number of amides is 1. The molecule has 2 rings (SSSR count). The van der Waals surface area contributed by atoms with Gasteiger partial charge in [-0.2, -0.15) is 0 Å². The molecule has 4 atom stereocenters. The van der Waals surface area contributed by atoms with Crippen molar-refractivity contribution in [2.24, 2.45) is 5.92 Å². The molecule has 0 radical (unpaired) electrons. The smallest absolute Gasteiger partial charge is 0.246 e. The van der Waals surface area contributed by atoms with Crippen LogP contribution in [-0.4, -0.2) is 43.6 Å². The van der Waals surface area contributed by atoms with E-state index in [4.69, 9.17) is 4.74 Å². The van der Waals surface area contributed by atoms with Crippen molar-refractivity contribution in [1.82, 2.24) is 5.32 Å². The number of rotatable bonds is 2. The van der Waals surface area contributed by atoms with Crippen LogP contribution in [0.2, 0.25) is 0 Å². The summed E-state index contributed by atoms with van der Waals surface area (Å²) in [5.74, 6) is -0.0470. The Morgan fingerprint density at radius 1 is 1.33 bits per heavy atom. The number of carbonyl (C=O) groups is 1. The number of morpholine rings is 1. The molecule has 1 aliphatic heterocycles. The van der Waals surface area contributed by atoms with Crippen LogP contribution in [0.1, 0.15) is 33.6 Å². The summed E-state index contributed by atoms with van der Waals surface area (Å²) in [5, 5.41) is 2.18.